The number of amides is 1. The molecule has 0 aliphatic carbocycles. The molecule has 1 saturated heterocycles. The minimum atomic E-state index is -0.611. The molecule has 6 heteroatoms. The first-order chi connectivity index (χ1) is 10.1. The van der Waals surface area contributed by atoms with Crippen LogP contribution in [0.15, 0.2) is 18.2 Å². The highest BCUT2D eigenvalue weighted by molar-refractivity contribution is 6.34. The van der Waals surface area contributed by atoms with Gasteiger partial charge in [0.05, 0.1) is 22.6 Å². The summed E-state index contributed by atoms with van der Waals surface area (Å²) >= 11 is 11.8. The summed E-state index contributed by atoms with van der Waals surface area (Å²) < 4.78 is 0. The van der Waals surface area contributed by atoms with E-state index in [1.54, 1.807) is 18.2 Å². The van der Waals surface area contributed by atoms with E-state index in [1.807, 2.05) is 4.90 Å². The van der Waals surface area contributed by atoms with Gasteiger partial charge in [-0.05, 0) is 37.5 Å². The zero-order valence-electron chi connectivity index (χ0n) is 11.8. The zero-order valence-corrected chi connectivity index (χ0v) is 13.3. The van der Waals surface area contributed by atoms with Crippen LogP contribution in [0.1, 0.15) is 29.6 Å². The van der Waals surface area contributed by atoms with Crippen LogP contribution in [0.25, 0.3) is 0 Å². The average molecular weight is 331 g/mol. The number of alkyl halides is 1. The van der Waals surface area contributed by atoms with Crippen LogP contribution in [0.2, 0.25) is 5.02 Å². The van der Waals surface area contributed by atoms with Crippen LogP contribution in [-0.4, -0.2) is 47.5 Å². The zero-order chi connectivity index (χ0) is 15.2. The molecule has 0 aromatic heterocycles. The standard InChI is InChI=1S/C15H20Cl2N2O2/c16-9-12(20)10-18-11-4-5-13(14(17)8-11)15(21)19-6-2-1-3-7-19/h4-5,8,12,18,20H,1-3,6-7,9-10H2. The van der Waals surface area contributed by atoms with Crippen molar-refractivity contribution in [3.8, 4) is 0 Å². The number of hydrogen-bond acceptors (Lipinski definition) is 3. The minimum Gasteiger partial charge on any atom is -0.390 e. The van der Waals surface area contributed by atoms with Gasteiger partial charge in [-0.3, -0.25) is 4.79 Å². The average Bonchev–Trinajstić information content (AvgIpc) is 2.53. The molecule has 1 atom stereocenters. The van der Waals surface area contributed by atoms with E-state index in [0.717, 1.165) is 31.6 Å². The normalized spacial score (nSPS) is 16.6. The smallest absolute Gasteiger partial charge is 0.255 e. The molecule has 1 heterocycles. The Morgan fingerprint density at radius 2 is 2.05 bits per heavy atom. The number of hydrogen-bond donors (Lipinski definition) is 2. The fourth-order valence-electron chi connectivity index (χ4n) is 2.36. The first kappa shape index (κ1) is 16.4. The van der Waals surface area contributed by atoms with Gasteiger partial charge < -0.3 is 15.3 Å². The number of aliphatic hydroxyl groups is 1. The van der Waals surface area contributed by atoms with Gasteiger partial charge >= 0.3 is 0 Å². The summed E-state index contributed by atoms with van der Waals surface area (Å²) in [5.41, 5.74) is 1.29. The molecule has 1 aromatic carbocycles. The molecule has 0 spiro atoms. The minimum absolute atomic E-state index is 0.00737. The molecule has 1 aliphatic rings. The van der Waals surface area contributed by atoms with Crippen molar-refractivity contribution in [1.29, 1.82) is 0 Å². The largest absolute Gasteiger partial charge is 0.390 e. The van der Waals surface area contributed by atoms with Crippen molar-refractivity contribution in [2.45, 2.75) is 25.4 Å². The van der Waals surface area contributed by atoms with Gasteiger partial charge in [-0.1, -0.05) is 11.6 Å². The van der Waals surface area contributed by atoms with Crippen molar-refractivity contribution < 1.29 is 9.90 Å². The van der Waals surface area contributed by atoms with Crippen molar-refractivity contribution in [2.75, 3.05) is 30.8 Å². The summed E-state index contributed by atoms with van der Waals surface area (Å²) in [5.74, 6) is 0.166. The number of likely N-dealkylation sites (tertiary alicyclic amines) is 1. The lowest BCUT2D eigenvalue weighted by Gasteiger charge is -2.27. The van der Waals surface area contributed by atoms with E-state index in [2.05, 4.69) is 5.32 Å². The number of carbonyl (C=O) groups excluding carboxylic acids is 1. The van der Waals surface area contributed by atoms with E-state index in [0.29, 0.717) is 17.1 Å². The number of rotatable bonds is 5. The molecule has 0 bridgehead atoms. The predicted molar refractivity (Wildman–Crippen MR) is 86.4 cm³/mol. The number of nitrogens with zero attached hydrogens (tertiary/aromatic N) is 1. The summed E-state index contributed by atoms with van der Waals surface area (Å²) in [4.78, 5) is 14.3. The number of piperidine rings is 1. The van der Waals surface area contributed by atoms with Crippen molar-refractivity contribution in [3.63, 3.8) is 0 Å². The van der Waals surface area contributed by atoms with Gasteiger partial charge in [-0.25, -0.2) is 0 Å². The molecule has 0 saturated carbocycles. The van der Waals surface area contributed by atoms with Gasteiger partial charge in [0.25, 0.3) is 5.91 Å². The van der Waals surface area contributed by atoms with Crippen LogP contribution in [-0.2, 0) is 0 Å². The van der Waals surface area contributed by atoms with E-state index >= 15 is 0 Å². The van der Waals surface area contributed by atoms with Crippen molar-refractivity contribution in [2.24, 2.45) is 0 Å². The Bertz CT molecular complexity index is 491. The number of carbonyl (C=O) groups is 1. The first-order valence-corrected chi connectivity index (χ1v) is 8.10. The van der Waals surface area contributed by atoms with E-state index in [4.69, 9.17) is 23.2 Å². The molecule has 2 N–H and O–H groups in total. The molecule has 0 radical (unpaired) electrons. The van der Waals surface area contributed by atoms with Crippen LogP contribution < -0.4 is 5.32 Å². The van der Waals surface area contributed by atoms with Crippen molar-refractivity contribution in [3.05, 3.63) is 28.8 Å². The third kappa shape index (κ3) is 4.50. The highest BCUT2D eigenvalue weighted by Gasteiger charge is 2.20. The van der Waals surface area contributed by atoms with Gasteiger partial charge in [0.2, 0.25) is 0 Å². The second kappa shape index (κ2) is 7.87. The number of halogens is 2. The van der Waals surface area contributed by atoms with Crippen LogP contribution >= 0.6 is 23.2 Å². The molecular formula is C15H20Cl2N2O2. The number of aliphatic hydroxyl groups excluding tert-OH is 1. The number of nitrogens with one attached hydrogen (secondary N) is 1. The van der Waals surface area contributed by atoms with Crippen molar-refractivity contribution in [1.82, 2.24) is 4.90 Å². The van der Waals surface area contributed by atoms with E-state index in [1.165, 1.54) is 6.42 Å². The Hall–Kier alpha value is -0.970. The molecule has 4 nitrogen and oxygen atoms in total. The molecule has 2 rings (SSSR count). The van der Waals surface area contributed by atoms with Gasteiger partial charge in [-0.15, -0.1) is 11.6 Å². The van der Waals surface area contributed by atoms with Gasteiger partial charge in [-0.2, -0.15) is 0 Å². The summed E-state index contributed by atoms with van der Waals surface area (Å²) in [6, 6.07) is 5.23. The quantitative estimate of drug-likeness (QED) is 0.816. The second-order valence-electron chi connectivity index (χ2n) is 5.24. The lowest BCUT2D eigenvalue weighted by atomic mass is 10.1. The molecule has 21 heavy (non-hydrogen) atoms. The number of anilines is 1. The molecule has 1 amide bonds. The summed E-state index contributed by atoms with van der Waals surface area (Å²) in [5, 5.41) is 12.9. The Morgan fingerprint density at radius 1 is 1.33 bits per heavy atom. The van der Waals surface area contributed by atoms with Crippen LogP contribution in [0.4, 0.5) is 5.69 Å². The predicted octanol–water partition coefficient (Wildman–Crippen LogP) is 2.98. The lowest BCUT2D eigenvalue weighted by Crippen LogP contribution is -2.35. The maximum atomic E-state index is 12.4. The molecular weight excluding hydrogens is 311 g/mol. The Labute approximate surface area is 135 Å². The van der Waals surface area contributed by atoms with E-state index < -0.39 is 6.10 Å². The highest BCUT2D eigenvalue weighted by atomic mass is 35.5. The molecule has 116 valence electrons. The fourth-order valence-corrected chi connectivity index (χ4v) is 2.73. The van der Waals surface area contributed by atoms with Crippen molar-refractivity contribution >= 4 is 34.8 Å². The summed E-state index contributed by atoms with van der Waals surface area (Å²) in [6.45, 7) is 1.95. The first-order valence-electron chi connectivity index (χ1n) is 7.18. The third-order valence-corrected chi connectivity index (χ3v) is 4.23. The summed E-state index contributed by atoms with van der Waals surface area (Å²) in [7, 11) is 0. The lowest BCUT2D eigenvalue weighted by molar-refractivity contribution is 0.0724. The highest BCUT2D eigenvalue weighted by Crippen LogP contribution is 2.23. The fraction of sp³-hybridized carbons (Fsp3) is 0.533. The van der Waals surface area contributed by atoms with Crippen LogP contribution in [0, 0.1) is 0 Å². The van der Waals surface area contributed by atoms with Gasteiger partial charge in [0, 0.05) is 25.3 Å². The summed E-state index contributed by atoms with van der Waals surface area (Å²) in [6.07, 6.45) is 2.68. The Kier molecular flexibility index (Phi) is 6.15. The van der Waals surface area contributed by atoms with E-state index in [9.17, 15) is 9.90 Å². The topological polar surface area (TPSA) is 52.6 Å². The van der Waals surface area contributed by atoms with Crippen LogP contribution in [0.5, 0.6) is 0 Å². The molecule has 1 fully saturated rings. The van der Waals surface area contributed by atoms with Gasteiger partial charge in [0.1, 0.15) is 0 Å². The van der Waals surface area contributed by atoms with E-state index in [-0.39, 0.29) is 11.8 Å². The second-order valence-corrected chi connectivity index (χ2v) is 5.95. The molecule has 1 aliphatic heterocycles. The third-order valence-electron chi connectivity index (χ3n) is 3.56. The number of benzene rings is 1. The maximum Gasteiger partial charge on any atom is 0.255 e. The SMILES string of the molecule is O=C(c1ccc(NCC(O)CCl)cc1Cl)N1CCCCC1. The van der Waals surface area contributed by atoms with Crippen LogP contribution in [0.3, 0.4) is 0 Å². The Morgan fingerprint density at radius 3 is 2.67 bits per heavy atom. The van der Waals surface area contributed by atoms with Gasteiger partial charge in [0.15, 0.2) is 0 Å². The monoisotopic (exact) mass is 330 g/mol. The molecule has 1 unspecified atom stereocenters. The molecule has 1 aromatic rings. The maximum absolute atomic E-state index is 12.4. The Balaban J connectivity index is 2.02.